The summed E-state index contributed by atoms with van der Waals surface area (Å²) in [6.45, 7) is 1.34. The molecule has 0 heterocycles. The van der Waals surface area contributed by atoms with Crippen LogP contribution in [0.25, 0.3) is 21.2 Å². The molecule has 16 heteroatoms. The van der Waals surface area contributed by atoms with Crippen LogP contribution in [0.3, 0.4) is 0 Å². The average molecular weight is 994 g/mol. The minimum atomic E-state index is -3.70. The number of carbonyl (C=O) groups is 2. The van der Waals surface area contributed by atoms with Crippen LogP contribution in [-0.2, 0) is 69.5 Å². The average Bonchev–Trinajstić information content (AvgIpc) is 3.85. The van der Waals surface area contributed by atoms with E-state index in [4.69, 9.17) is 42.5 Å². The number of sulfonamides is 2. The van der Waals surface area contributed by atoms with Gasteiger partial charge in [0.15, 0.2) is 0 Å². The van der Waals surface area contributed by atoms with Crippen LogP contribution in [0.1, 0.15) is 95.9 Å². The molecule has 2 fully saturated rings. The van der Waals surface area contributed by atoms with Crippen molar-refractivity contribution in [2.45, 2.75) is 98.9 Å². The van der Waals surface area contributed by atoms with Crippen molar-refractivity contribution < 1.29 is 45.7 Å². The number of allylic oxidation sites excluding steroid dienone is 2. The van der Waals surface area contributed by atoms with Crippen LogP contribution in [0.4, 0.5) is 0 Å². The number of carbonyl (C=O) groups excluding carboxylic acids is 1. The number of benzene rings is 4. The van der Waals surface area contributed by atoms with Gasteiger partial charge in [0.1, 0.15) is 0 Å². The predicted molar refractivity (Wildman–Crippen MR) is 261 cm³/mol. The molecule has 0 atom stereocenters. The molecule has 4 aliphatic rings. The molecule has 4 aliphatic carbocycles. The highest BCUT2D eigenvalue weighted by Gasteiger charge is 2.32. The number of rotatable bonds is 16. The first-order valence-corrected chi connectivity index (χ1v) is 26.4. The zero-order valence-electron chi connectivity index (χ0n) is 38.0. The van der Waals surface area contributed by atoms with Crippen molar-refractivity contribution in [3.05, 3.63) is 129 Å². The summed E-state index contributed by atoms with van der Waals surface area (Å²) in [6, 6.07) is 26.2. The second kappa shape index (κ2) is 22.4. The molecule has 2 saturated carbocycles. The van der Waals surface area contributed by atoms with Crippen molar-refractivity contribution >= 4 is 76.4 Å². The van der Waals surface area contributed by atoms with Crippen molar-refractivity contribution in [1.82, 2.24) is 9.44 Å². The molecule has 0 unspecified atom stereocenters. The second-order valence-corrected chi connectivity index (χ2v) is 21.8. The van der Waals surface area contributed by atoms with E-state index in [9.17, 15) is 26.4 Å². The zero-order valence-corrected chi connectivity index (χ0v) is 41.1. The molecule has 67 heavy (non-hydrogen) atoms. The van der Waals surface area contributed by atoms with Crippen molar-refractivity contribution in [3.63, 3.8) is 0 Å². The Labute approximate surface area is 404 Å². The van der Waals surface area contributed by atoms with Gasteiger partial charge < -0.3 is 19.3 Å². The lowest BCUT2D eigenvalue weighted by Crippen LogP contribution is -2.38. The summed E-state index contributed by atoms with van der Waals surface area (Å²) in [5, 5.41) is 10.5. The standard InChI is InChI=1S/C26H30ClNO5S.C25H28ClNO5S/c1-32-14-13-17-3-5-18(6-4-17)24-16-20-15-22(11-12-23(20)25(24)27)34(30,31)28-21-9-7-19(8-10-21)26(29)33-2;1-32-13-12-16-2-4-17(5-3-16)23-15-19-14-21(10-11-22(19)24(23)26)33(30,31)27-20-8-6-18(7-9-20)25(28)29/h3-6,11-12,15,19,21,28H,7-10,13-14,16H2,1-2H3;2-5,10-11,14,18,20,27H,6-9,12-13,15H2,1H3,(H,28,29). The molecule has 0 spiro atoms. The number of hydrogen-bond acceptors (Lipinski definition) is 9. The van der Waals surface area contributed by atoms with Crippen LogP contribution >= 0.6 is 23.2 Å². The number of ether oxygens (including phenoxy) is 3. The Morgan fingerprint density at radius 3 is 1.33 bits per heavy atom. The lowest BCUT2D eigenvalue weighted by Gasteiger charge is -2.27. The Hall–Kier alpha value is -4.38. The molecule has 8 rings (SSSR count). The first-order chi connectivity index (χ1) is 32.1. The molecule has 358 valence electrons. The smallest absolute Gasteiger partial charge is 0.308 e. The normalized spacial score (nSPS) is 20.5. The van der Waals surface area contributed by atoms with Gasteiger partial charge in [-0.1, -0.05) is 83.9 Å². The van der Waals surface area contributed by atoms with Crippen molar-refractivity contribution in [2.24, 2.45) is 11.8 Å². The number of fused-ring (bicyclic) bond motifs is 2. The summed E-state index contributed by atoms with van der Waals surface area (Å²) in [4.78, 5) is 23.3. The molecular formula is C51H58Cl2N2O10S2. The van der Waals surface area contributed by atoms with Crippen LogP contribution in [0, 0.1) is 11.8 Å². The van der Waals surface area contributed by atoms with Gasteiger partial charge in [-0.15, -0.1) is 0 Å². The molecule has 0 amide bonds. The van der Waals surface area contributed by atoms with Gasteiger partial charge in [0, 0.05) is 39.1 Å². The third kappa shape index (κ3) is 12.3. The monoisotopic (exact) mass is 992 g/mol. The number of methoxy groups -OCH3 is 3. The lowest BCUT2D eigenvalue weighted by molar-refractivity contribution is -0.146. The summed E-state index contributed by atoms with van der Waals surface area (Å²) >= 11 is 13.4. The van der Waals surface area contributed by atoms with E-state index in [2.05, 4.69) is 45.8 Å². The molecule has 0 radical (unpaired) electrons. The van der Waals surface area contributed by atoms with E-state index in [1.54, 1.807) is 50.6 Å². The highest BCUT2D eigenvalue weighted by Crippen LogP contribution is 2.43. The number of carboxylic acids is 1. The fraction of sp³-hybridized carbons (Fsp3) is 0.412. The van der Waals surface area contributed by atoms with Gasteiger partial charge in [-0.25, -0.2) is 26.3 Å². The van der Waals surface area contributed by atoms with E-state index in [0.717, 1.165) is 57.4 Å². The van der Waals surface area contributed by atoms with Crippen LogP contribution in [-0.4, -0.2) is 80.5 Å². The highest BCUT2D eigenvalue weighted by atomic mass is 35.5. The minimum Gasteiger partial charge on any atom is -0.481 e. The van der Waals surface area contributed by atoms with Gasteiger partial charge >= 0.3 is 11.9 Å². The summed E-state index contributed by atoms with van der Waals surface area (Å²) in [6.07, 6.45) is 7.34. The maximum Gasteiger partial charge on any atom is 0.308 e. The Bertz CT molecular complexity index is 2720. The van der Waals surface area contributed by atoms with Gasteiger partial charge in [0.05, 0.1) is 52.0 Å². The molecule has 4 aromatic rings. The molecule has 0 aliphatic heterocycles. The first kappa shape index (κ1) is 50.5. The molecule has 0 saturated heterocycles. The van der Waals surface area contributed by atoms with Crippen molar-refractivity contribution in [2.75, 3.05) is 34.5 Å². The zero-order chi connectivity index (χ0) is 47.9. The van der Waals surface area contributed by atoms with E-state index < -0.39 is 26.0 Å². The van der Waals surface area contributed by atoms with Gasteiger partial charge in [0.25, 0.3) is 0 Å². The van der Waals surface area contributed by atoms with Crippen molar-refractivity contribution in [1.29, 1.82) is 0 Å². The number of esters is 1. The largest absolute Gasteiger partial charge is 0.481 e. The van der Waals surface area contributed by atoms with Crippen LogP contribution in [0.15, 0.2) is 94.7 Å². The first-order valence-electron chi connectivity index (χ1n) is 22.7. The molecule has 12 nitrogen and oxygen atoms in total. The van der Waals surface area contributed by atoms with Gasteiger partial charge in [0.2, 0.25) is 20.0 Å². The summed E-state index contributed by atoms with van der Waals surface area (Å²) < 4.78 is 72.8. The van der Waals surface area contributed by atoms with E-state index in [1.807, 2.05) is 12.1 Å². The molecule has 3 N–H and O–H groups in total. The fourth-order valence-corrected chi connectivity index (χ4v) is 12.8. The Morgan fingerprint density at radius 2 is 0.970 bits per heavy atom. The Balaban J connectivity index is 0.000000199. The van der Waals surface area contributed by atoms with Crippen LogP contribution in [0.5, 0.6) is 0 Å². The van der Waals surface area contributed by atoms with Crippen molar-refractivity contribution in [3.8, 4) is 0 Å². The quantitative estimate of drug-likeness (QED) is 0.0920. The molecule has 0 aromatic heterocycles. The SMILES string of the molecule is COCCc1ccc(C2=C(Cl)c3ccc(S(=O)(=O)NC4CCC(C(=O)O)CC4)cc3C2)cc1.COCCc1ccc(C2=C(Cl)c3ccc(S(=O)(=O)NC4CCC(C(=O)OC)CC4)cc3C2)cc1. The maximum atomic E-state index is 13.1. The number of halogens is 2. The van der Waals surface area contributed by atoms with Gasteiger partial charge in [-0.05, 0) is 144 Å². The predicted octanol–water partition coefficient (Wildman–Crippen LogP) is 9.01. The molecular weight excluding hydrogens is 936 g/mol. The summed E-state index contributed by atoms with van der Waals surface area (Å²) in [5.74, 6) is -1.55. The number of hydrogen-bond donors (Lipinski definition) is 3. The third-order valence-corrected chi connectivity index (χ3v) is 17.2. The maximum absolute atomic E-state index is 13.1. The van der Waals surface area contributed by atoms with E-state index in [1.165, 1.54) is 18.2 Å². The van der Waals surface area contributed by atoms with Gasteiger partial charge in [-0.3, -0.25) is 9.59 Å². The summed E-state index contributed by atoms with van der Waals surface area (Å²) in [5.41, 5.74) is 9.94. The van der Waals surface area contributed by atoms with Crippen LogP contribution in [0.2, 0.25) is 0 Å². The Kier molecular flexibility index (Phi) is 16.9. The second-order valence-electron chi connectivity index (χ2n) is 17.7. The van der Waals surface area contributed by atoms with E-state index >= 15 is 0 Å². The van der Waals surface area contributed by atoms with Gasteiger partial charge in [-0.2, -0.15) is 0 Å². The minimum absolute atomic E-state index is 0.147. The molecule has 0 bridgehead atoms. The topological polar surface area (TPSA) is 174 Å². The number of carboxylic acid groups (broad SMARTS) is 1. The van der Waals surface area contributed by atoms with E-state index in [0.29, 0.717) is 87.5 Å². The summed E-state index contributed by atoms with van der Waals surface area (Å²) in [7, 11) is -2.63. The van der Waals surface area contributed by atoms with E-state index in [-0.39, 0.29) is 39.7 Å². The van der Waals surface area contributed by atoms with Crippen LogP contribution < -0.4 is 9.44 Å². The molecule has 4 aromatic carbocycles. The highest BCUT2D eigenvalue weighted by molar-refractivity contribution is 7.89. The lowest BCUT2D eigenvalue weighted by atomic mass is 9.86. The third-order valence-electron chi connectivity index (χ3n) is 13.3. The fourth-order valence-electron chi connectivity index (χ4n) is 9.35. The Morgan fingerprint density at radius 1 is 0.582 bits per heavy atom. The number of nitrogens with one attached hydrogen (secondary N) is 2. The number of aliphatic carboxylic acids is 1.